The third kappa shape index (κ3) is 4.87. The van der Waals surface area contributed by atoms with Crippen LogP contribution < -0.4 is 16.6 Å². The van der Waals surface area contributed by atoms with Crippen LogP contribution >= 0.6 is 0 Å². The molecule has 164 valence electrons. The molecule has 6 nitrogen and oxygen atoms in total. The zero-order valence-corrected chi connectivity index (χ0v) is 17.1. The molecule has 1 amide bonds. The molecule has 1 N–H and O–H groups in total. The topological polar surface area (TPSA) is 73.1 Å². The quantitative estimate of drug-likeness (QED) is 0.649. The molecule has 0 aliphatic rings. The normalized spacial score (nSPS) is 11.6. The summed E-state index contributed by atoms with van der Waals surface area (Å²) in [5.41, 5.74) is -0.354. The van der Waals surface area contributed by atoms with Gasteiger partial charge in [0.15, 0.2) is 0 Å². The molecule has 0 aliphatic heterocycles. The van der Waals surface area contributed by atoms with Gasteiger partial charge < -0.3 is 5.32 Å². The number of carbonyl (C=O) groups excluding carboxylic acids is 1. The number of halogens is 3. The maximum Gasteiger partial charge on any atom is 0.416 e. The lowest BCUT2D eigenvalue weighted by atomic mass is 10.1. The largest absolute Gasteiger partial charge is 0.416 e. The van der Waals surface area contributed by atoms with Gasteiger partial charge in [-0.25, -0.2) is 4.79 Å². The summed E-state index contributed by atoms with van der Waals surface area (Å²) in [5, 5.41) is 2.87. The first kappa shape index (κ1) is 22.3. The van der Waals surface area contributed by atoms with E-state index in [2.05, 4.69) is 5.32 Å². The van der Waals surface area contributed by atoms with Crippen LogP contribution in [0.25, 0.3) is 10.9 Å². The van der Waals surface area contributed by atoms with Crippen LogP contribution in [0.4, 0.5) is 13.2 Å². The van der Waals surface area contributed by atoms with E-state index in [4.69, 9.17) is 0 Å². The average Bonchev–Trinajstić information content (AvgIpc) is 2.72. The van der Waals surface area contributed by atoms with Crippen molar-refractivity contribution in [3.05, 3.63) is 80.0 Å². The Morgan fingerprint density at radius 1 is 1.06 bits per heavy atom. The van der Waals surface area contributed by atoms with Crippen molar-refractivity contribution in [1.29, 1.82) is 0 Å². The van der Waals surface area contributed by atoms with Crippen LogP contribution in [-0.4, -0.2) is 15.0 Å². The fourth-order valence-corrected chi connectivity index (χ4v) is 3.37. The molecule has 2 aromatic carbocycles. The van der Waals surface area contributed by atoms with Gasteiger partial charge in [0, 0.05) is 13.1 Å². The lowest BCUT2D eigenvalue weighted by Crippen LogP contribution is -2.42. The zero-order chi connectivity index (χ0) is 22.8. The molecule has 0 aliphatic carbocycles. The van der Waals surface area contributed by atoms with Crippen LogP contribution in [0, 0.1) is 6.92 Å². The van der Waals surface area contributed by atoms with Crippen molar-refractivity contribution >= 4 is 16.8 Å². The highest BCUT2D eigenvalue weighted by molar-refractivity contribution is 5.82. The van der Waals surface area contributed by atoms with Crippen LogP contribution in [0.3, 0.4) is 0 Å². The molecule has 0 bridgehead atoms. The standard InChI is InChI=1S/C22H22F3N3O3/c1-3-9-27-20(30)17-10-14(2)7-8-18(17)28(21(27)31)13-19(29)26-12-15-5-4-6-16(11-15)22(23,24)25/h4-8,10-11H,3,9,12-13H2,1-2H3,(H,26,29). The molecule has 31 heavy (non-hydrogen) atoms. The summed E-state index contributed by atoms with van der Waals surface area (Å²) >= 11 is 0. The number of hydrogen-bond donors (Lipinski definition) is 1. The second-order valence-corrected chi connectivity index (χ2v) is 7.32. The van der Waals surface area contributed by atoms with Gasteiger partial charge >= 0.3 is 11.9 Å². The Balaban J connectivity index is 1.89. The van der Waals surface area contributed by atoms with Crippen LogP contribution in [0.1, 0.15) is 30.0 Å². The molecule has 0 atom stereocenters. The highest BCUT2D eigenvalue weighted by Crippen LogP contribution is 2.29. The predicted molar refractivity (Wildman–Crippen MR) is 111 cm³/mol. The number of aromatic nitrogens is 2. The third-order valence-corrected chi connectivity index (χ3v) is 4.87. The summed E-state index contributed by atoms with van der Waals surface area (Å²) in [6.45, 7) is 3.39. The lowest BCUT2D eigenvalue weighted by molar-refractivity contribution is -0.137. The average molecular weight is 433 g/mol. The van der Waals surface area contributed by atoms with Crippen molar-refractivity contribution < 1.29 is 18.0 Å². The molecule has 1 heterocycles. The first-order valence-electron chi connectivity index (χ1n) is 9.78. The number of nitrogens with zero attached hydrogens (tertiary/aromatic N) is 2. The maximum absolute atomic E-state index is 12.9. The van der Waals surface area contributed by atoms with Crippen LogP contribution in [0.2, 0.25) is 0 Å². The number of carbonyl (C=O) groups is 1. The van der Waals surface area contributed by atoms with Crippen molar-refractivity contribution in [3.8, 4) is 0 Å². The van der Waals surface area contributed by atoms with Gasteiger partial charge in [0.2, 0.25) is 5.91 Å². The summed E-state index contributed by atoms with van der Waals surface area (Å²) in [6, 6.07) is 9.68. The second-order valence-electron chi connectivity index (χ2n) is 7.32. The second kappa shape index (κ2) is 8.79. The van der Waals surface area contributed by atoms with E-state index in [9.17, 15) is 27.6 Å². The van der Waals surface area contributed by atoms with E-state index in [1.807, 2.05) is 13.8 Å². The monoisotopic (exact) mass is 433 g/mol. The molecule has 0 radical (unpaired) electrons. The molecule has 3 aromatic rings. The Morgan fingerprint density at radius 2 is 1.81 bits per heavy atom. The molecule has 0 unspecified atom stereocenters. The zero-order valence-electron chi connectivity index (χ0n) is 17.1. The first-order chi connectivity index (χ1) is 14.6. The van der Waals surface area contributed by atoms with Crippen molar-refractivity contribution in [2.75, 3.05) is 0 Å². The smallest absolute Gasteiger partial charge is 0.350 e. The van der Waals surface area contributed by atoms with Crippen LogP contribution in [-0.2, 0) is 30.6 Å². The Hall–Kier alpha value is -3.36. The fourth-order valence-electron chi connectivity index (χ4n) is 3.37. The number of amides is 1. The minimum absolute atomic E-state index is 0.122. The highest BCUT2D eigenvalue weighted by Gasteiger charge is 2.30. The molecular weight excluding hydrogens is 411 g/mol. The number of nitrogens with one attached hydrogen (secondary N) is 1. The van der Waals surface area contributed by atoms with Gasteiger partial charge in [-0.1, -0.05) is 30.7 Å². The first-order valence-corrected chi connectivity index (χ1v) is 9.78. The molecular formula is C22H22F3N3O3. The van der Waals surface area contributed by atoms with Crippen molar-refractivity contribution in [1.82, 2.24) is 14.5 Å². The Morgan fingerprint density at radius 3 is 2.48 bits per heavy atom. The van der Waals surface area contributed by atoms with E-state index in [0.29, 0.717) is 17.3 Å². The Kier molecular flexibility index (Phi) is 6.33. The van der Waals surface area contributed by atoms with E-state index in [1.54, 1.807) is 18.2 Å². The van der Waals surface area contributed by atoms with Gasteiger partial charge in [-0.05, 0) is 43.2 Å². The maximum atomic E-state index is 12.9. The van der Waals surface area contributed by atoms with Crippen LogP contribution in [0.5, 0.6) is 0 Å². The number of alkyl halides is 3. The van der Waals surface area contributed by atoms with Gasteiger partial charge in [-0.3, -0.25) is 18.7 Å². The van der Waals surface area contributed by atoms with E-state index in [-0.39, 0.29) is 25.2 Å². The highest BCUT2D eigenvalue weighted by atomic mass is 19.4. The summed E-state index contributed by atoms with van der Waals surface area (Å²) in [5.74, 6) is -0.553. The number of fused-ring (bicyclic) bond motifs is 1. The SMILES string of the molecule is CCCn1c(=O)c2cc(C)ccc2n(CC(=O)NCc2cccc(C(F)(F)F)c2)c1=O. The van der Waals surface area contributed by atoms with Gasteiger partial charge in [-0.2, -0.15) is 13.2 Å². The van der Waals surface area contributed by atoms with E-state index in [0.717, 1.165) is 22.3 Å². The molecule has 0 fully saturated rings. The van der Waals surface area contributed by atoms with Gasteiger partial charge in [0.25, 0.3) is 5.56 Å². The number of aryl methyl sites for hydroxylation is 1. The number of benzene rings is 2. The molecule has 0 spiro atoms. The summed E-state index contributed by atoms with van der Waals surface area (Å²) in [6.07, 6.45) is -3.91. The molecule has 0 saturated carbocycles. The number of hydrogen-bond acceptors (Lipinski definition) is 3. The molecule has 3 rings (SSSR count). The minimum Gasteiger partial charge on any atom is -0.350 e. The van der Waals surface area contributed by atoms with Crippen molar-refractivity contribution in [2.24, 2.45) is 0 Å². The van der Waals surface area contributed by atoms with Crippen molar-refractivity contribution in [2.45, 2.75) is 46.1 Å². The van der Waals surface area contributed by atoms with Crippen LogP contribution in [0.15, 0.2) is 52.1 Å². The molecule has 1 aromatic heterocycles. The van der Waals surface area contributed by atoms with E-state index in [1.165, 1.54) is 16.7 Å². The minimum atomic E-state index is -4.47. The van der Waals surface area contributed by atoms with Gasteiger partial charge in [0.05, 0.1) is 16.5 Å². The Labute approximate surface area is 175 Å². The summed E-state index contributed by atoms with van der Waals surface area (Å²) < 4.78 is 40.9. The van der Waals surface area contributed by atoms with Crippen molar-refractivity contribution in [3.63, 3.8) is 0 Å². The van der Waals surface area contributed by atoms with E-state index >= 15 is 0 Å². The predicted octanol–water partition coefficient (Wildman–Crippen LogP) is 3.22. The molecule has 0 saturated heterocycles. The third-order valence-electron chi connectivity index (χ3n) is 4.87. The van der Waals surface area contributed by atoms with E-state index < -0.39 is 28.9 Å². The van der Waals surface area contributed by atoms with Gasteiger partial charge in [-0.15, -0.1) is 0 Å². The van der Waals surface area contributed by atoms with Gasteiger partial charge in [0.1, 0.15) is 6.54 Å². The summed E-state index contributed by atoms with van der Waals surface area (Å²) in [4.78, 5) is 38.1. The Bertz CT molecular complexity index is 1240. The lowest BCUT2D eigenvalue weighted by Gasteiger charge is -2.14. The fraction of sp³-hybridized carbons (Fsp3) is 0.318. The summed E-state index contributed by atoms with van der Waals surface area (Å²) in [7, 11) is 0. The molecule has 9 heteroatoms. The number of rotatable bonds is 6.